The van der Waals surface area contributed by atoms with Gasteiger partial charge in [0.25, 0.3) is 0 Å². The van der Waals surface area contributed by atoms with Gasteiger partial charge in [-0.1, -0.05) is 0 Å². The molecule has 0 saturated carbocycles. The second-order valence-electron chi connectivity index (χ2n) is 6.75. The first-order valence-corrected chi connectivity index (χ1v) is 10.00. The molecule has 0 spiro atoms. The zero-order chi connectivity index (χ0) is 22.2. The predicted octanol–water partition coefficient (Wildman–Crippen LogP) is -2.52. The van der Waals surface area contributed by atoms with Crippen molar-refractivity contribution < 1.29 is 15.4 Å². The van der Waals surface area contributed by atoms with E-state index in [4.69, 9.17) is 10.2 Å². The van der Waals surface area contributed by atoms with Gasteiger partial charge >= 0.3 is 0 Å². The summed E-state index contributed by atoms with van der Waals surface area (Å²) in [6.45, 7) is 2.56. The molecule has 0 aliphatic heterocycles. The molecule has 0 unspecified atom stereocenters. The molecule has 166 valence electrons. The van der Waals surface area contributed by atoms with Crippen LogP contribution in [0, 0.1) is 0 Å². The standard InChI is InChI=1S/C20H26N6O5/c27-11-8-21-3-5-23-13-1-2-14(24-6-4-22-9-12-28)16-15(13)19(29)17-18(20(16)30)26(31)10-7-25-17/h1-2,7,10,21-22,25,27-28,31H,3-6,8-9,11-12H2. The van der Waals surface area contributed by atoms with Gasteiger partial charge in [0.05, 0.1) is 54.0 Å². The van der Waals surface area contributed by atoms with Crippen LogP contribution in [0.4, 0.5) is 0 Å². The van der Waals surface area contributed by atoms with E-state index in [0.717, 1.165) is 0 Å². The first-order valence-electron chi connectivity index (χ1n) is 10.00. The molecule has 2 aromatic carbocycles. The second-order valence-corrected chi connectivity index (χ2v) is 6.75. The monoisotopic (exact) mass is 430 g/mol. The highest BCUT2D eigenvalue weighted by Gasteiger charge is 2.16. The molecule has 1 aromatic heterocycles. The number of aliphatic hydroxyl groups excluding tert-OH is 2. The van der Waals surface area contributed by atoms with Crippen molar-refractivity contribution in [3.63, 3.8) is 0 Å². The third-order valence-electron chi connectivity index (χ3n) is 4.69. The van der Waals surface area contributed by atoms with E-state index in [2.05, 4.69) is 25.6 Å². The molecule has 11 nitrogen and oxygen atoms in total. The molecule has 0 bridgehead atoms. The lowest BCUT2D eigenvalue weighted by Crippen LogP contribution is -2.30. The van der Waals surface area contributed by atoms with E-state index in [1.165, 1.54) is 12.4 Å². The molecule has 0 radical (unpaired) electrons. The smallest absolute Gasteiger partial charge is 0.218 e. The van der Waals surface area contributed by atoms with Crippen molar-refractivity contribution in [2.75, 3.05) is 52.5 Å². The number of nitrogens with one attached hydrogen (secondary N) is 3. The number of hydrogen-bond acceptors (Lipinski definition) is 9. The van der Waals surface area contributed by atoms with Gasteiger partial charge in [0.1, 0.15) is 5.52 Å². The second kappa shape index (κ2) is 10.8. The topological polar surface area (TPSA) is 164 Å². The molecule has 11 heteroatoms. The molecular formula is C20H26N6O5. The van der Waals surface area contributed by atoms with Crippen LogP contribution in [0.5, 0.6) is 0 Å². The Balaban J connectivity index is 2.22. The molecule has 0 fully saturated rings. The molecule has 0 aliphatic carbocycles. The first-order chi connectivity index (χ1) is 15.1. The minimum Gasteiger partial charge on any atom is -0.428 e. The number of nitrogens with zero attached hydrogens (tertiary/aromatic N) is 3. The van der Waals surface area contributed by atoms with Crippen molar-refractivity contribution in [2.45, 2.75) is 0 Å². The lowest BCUT2D eigenvalue weighted by molar-refractivity contribution is 0.197. The third kappa shape index (κ3) is 4.97. The van der Waals surface area contributed by atoms with Gasteiger partial charge in [0.2, 0.25) is 10.9 Å². The number of hydrogen-bond donors (Lipinski definition) is 6. The van der Waals surface area contributed by atoms with Crippen LogP contribution in [0.15, 0.2) is 44.1 Å². The number of aromatic nitrogens is 2. The first kappa shape index (κ1) is 22.6. The Hall–Kier alpha value is -3.12. The van der Waals surface area contributed by atoms with Gasteiger partial charge in [-0.05, 0) is 12.1 Å². The van der Waals surface area contributed by atoms with E-state index >= 15 is 0 Å². The maximum atomic E-state index is 13.3. The fourth-order valence-corrected chi connectivity index (χ4v) is 3.31. The number of fused-ring (bicyclic) bond motifs is 2. The van der Waals surface area contributed by atoms with Crippen molar-refractivity contribution in [1.82, 2.24) is 20.3 Å². The van der Waals surface area contributed by atoms with E-state index < -0.39 is 10.9 Å². The van der Waals surface area contributed by atoms with Crippen LogP contribution in [0.3, 0.4) is 0 Å². The average Bonchev–Trinajstić information content (AvgIpc) is 2.77. The summed E-state index contributed by atoms with van der Waals surface area (Å²) in [6.07, 6.45) is 2.61. The third-order valence-corrected chi connectivity index (χ3v) is 4.69. The van der Waals surface area contributed by atoms with Crippen molar-refractivity contribution in [3.8, 4) is 0 Å². The van der Waals surface area contributed by atoms with Gasteiger partial charge in [-0.15, -0.1) is 0 Å². The van der Waals surface area contributed by atoms with Crippen LogP contribution in [-0.2, 0) is 0 Å². The van der Waals surface area contributed by atoms with Gasteiger partial charge < -0.3 is 31.0 Å². The molecule has 3 rings (SSSR count). The Kier molecular flexibility index (Phi) is 7.84. The molecule has 1 heterocycles. The summed E-state index contributed by atoms with van der Waals surface area (Å²) in [5.41, 5.74) is -1.15. The highest BCUT2D eigenvalue weighted by molar-refractivity contribution is 5.94. The number of aliphatic hydroxyl groups is 2. The van der Waals surface area contributed by atoms with Crippen molar-refractivity contribution >= 4 is 21.8 Å². The highest BCUT2D eigenvalue weighted by Crippen LogP contribution is 2.05. The van der Waals surface area contributed by atoms with Gasteiger partial charge in [-0.2, -0.15) is 4.73 Å². The Labute approximate surface area is 176 Å². The molecular weight excluding hydrogens is 404 g/mol. The van der Waals surface area contributed by atoms with Crippen LogP contribution >= 0.6 is 0 Å². The summed E-state index contributed by atoms with van der Waals surface area (Å²) in [5, 5.41) is 34.8. The molecule has 0 atom stereocenters. The lowest BCUT2D eigenvalue weighted by atomic mass is 10.1. The van der Waals surface area contributed by atoms with Crippen LogP contribution in [0.25, 0.3) is 21.8 Å². The maximum absolute atomic E-state index is 13.3. The van der Waals surface area contributed by atoms with E-state index in [9.17, 15) is 14.8 Å². The van der Waals surface area contributed by atoms with E-state index in [0.29, 0.717) is 54.7 Å². The quantitative estimate of drug-likeness (QED) is 0.117. The number of benzene rings is 2. The largest absolute Gasteiger partial charge is 0.428 e. The molecule has 0 aliphatic rings. The average molecular weight is 430 g/mol. The van der Waals surface area contributed by atoms with Crippen LogP contribution < -0.4 is 32.2 Å². The summed E-state index contributed by atoms with van der Waals surface area (Å²) in [6, 6.07) is 3.28. The maximum Gasteiger partial charge on any atom is 0.218 e. The van der Waals surface area contributed by atoms with Crippen LogP contribution in [-0.4, -0.2) is 77.6 Å². The number of aromatic amines is 1. The van der Waals surface area contributed by atoms with Gasteiger partial charge in [-0.3, -0.25) is 19.6 Å². The Morgan fingerprint density at radius 1 is 0.871 bits per heavy atom. The van der Waals surface area contributed by atoms with E-state index in [-0.39, 0.29) is 35.0 Å². The molecule has 31 heavy (non-hydrogen) atoms. The molecule has 6 N–H and O–H groups in total. The summed E-state index contributed by atoms with van der Waals surface area (Å²) < 4.78 is 0.629. The normalized spacial score (nSPS) is 13.0. The summed E-state index contributed by atoms with van der Waals surface area (Å²) in [5.74, 6) is 0. The molecule has 0 saturated heterocycles. The van der Waals surface area contributed by atoms with Crippen molar-refractivity contribution in [1.29, 1.82) is 0 Å². The summed E-state index contributed by atoms with van der Waals surface area (Å²) in [4.78, 5) is 38.1. The minimum atomic E-state index is -0.526. The molecule has 3 aromatic rings. The molecule has 0 amide bonds. The Morgan fingerprint density at radius 2 is 1.42 bits per heavy atom. The van der Waals surface area contributed by atoms with Gasteiger partial charge in [0, 0.05) is 32.4 Å². The van der Waals surface area contributed by atoms with Crippen molar-refractivity contribution in [2.24, 2.45) is 9.98 Å². The zero-order valence-electron chi connectivity index (χ0n) is 17.0. The summed E-state index contributed by atoms with van der Waals surface area (Å²) in [7, 11) is 0. The van der Waals surface area contributed by atoms with Gasteiger partial charge in [-0.25, -0.2) is 0 Å². The van der Waals surface area contributed by atoms with E-state index in [1.807, 2.05) is 0 Å². The fourth-order valence-electron chi connectivity index (χ4n) is 3.31. The predicted molar refractivity (Wildman–Crippen MR) is 115 cm³/mol. The van der Waals surface area contributed by atoms with Crippen molar-refractivity contribution in [3.05, 3.63) is 55.7 Å². The number of H-pyrrole nitrogens is 1. The van der Waals surface area contributed by atoms with E-state index in [1.54, 1.807) is 12.1 Å². The van der Waals surface area contributed by atoms with Gasteiger partial charge in [0.15, 0.2) is 5.52 Å². The minimum absolute atomic E-state index is 0.00946. The summed E-state index contributed by atoms with van der Waals surface area (Å²) >= 11 is 0. The Morgan fingerprint density at radius 3 is 1.97 bits per heavy atom. The Bertz CT molecular complexity index is 1280. The van der Waals surface area contributed by atoms with Crippen LogP contribution in [0.2, 0.25) is 0 Å². The fraction of sp³-hybridized carbons (Fsp3) is 0.400. The lowest BCUT2D eigenvalue weighted by Gasteiger charge is -2.06. The number of rotatable bonds is 10. The SMILES string of the molecule is O=c1c2[nH]ccn(O)c2c(=O)c2c(=NCCNCCO)ccc(=NCCNCCO)c12. The van der Waals surface area contributed by atoms with Crippen LogP contribution in [0.1, 0.15) is 0 Å². The zero-order valence-corrected chi connectivity index (χ0v) is 17.0. The highest BCUT2D eigenvalue weighted by atomic mass is 16.5.